The molecule has 0 unspecified atom stereocenters. The second kappa shape index (κ2) is 13.6. The highest BCUT2D eigenvalue weighted by molar-refractivity contribution is 9.10. The molecule has 2 aliphatic rings. The largest absolute Gasteiger partial charge is 0.489 e. The van der Waals surface area contributed by atoms with E-state index in [1.165, 1.54) is 0 Å². The van der Waals surface area contributed by atoms with Gasteiger partial charge in [0.05, 0.1) is 5.56 Å². The fourth-order valence-electron chi connectivity index (χ4n) is 6.37. The van der Waals surface area contributed by atoms with Crippen molar-refractivity contribution in [3.8, 4) is 11.8 Å². The molecule has 4 N–H and O–H groups in total. The van der Waals surface area contributed by atoms with Gasteiger partial charge in [0.15, 0.2) is 0 Å². The summed E-state index contributed by atoms with van der Waals surface area (Å²) in [4.78, 5) is 37.3. The number of unbranched alkanes of at least 4 members (excludes halogenated alkanes) is 2. The molecule has 2 aliphatic carbocycles. The second-order valence-corrected chi connectivity index (χ2v) is 13.7. The van der Waals surface area contributed by atoms with Gasteiger partial charge in [-0.3, -0.25) is 9.59 Å². The number of nitrogens with one attached hydrogen (secondary N) is 3. The molecule has 2 amide bonds. The first kappa shape index (κ1) is 33.3. The SMILES string of the molecule is CC1(C)C(NC(=O)C2(C(=O)Nc3ccc(NCCCCCOCC(=O)O)cc3)CC2)C(C)(C)C1Oc1ccc(C#N)c(Br)c1. The third-order valence-corrected chi connectivity index (χ3v) is 9.37. The standard InChI is InChI=1S/C33H41BrN4O6/c1-31(2)27(32(3,4)28(31)44-24-13-8-21(19-35)25(34)18-24)38-30(42)33(14-15-33)29(41)37-23-11-9-22(10-12-23)36-16-6-5-7-17-43-20-26(39)40/h8-13,18,27-28,36H,5-7,14-17,20H2,1-4H3,(H,37,41)(H,38,42)(H,39,40). The lowest BCUT2D eigenvalue weighted by molar-refractivity contribution is -0.175. The molecule has 0 aromatic heterocycles. The number of carbonyl (C=O) groups excluding carboxylic acids is 2. The van der Waals surface area contributed by atoms with Crippen LogP contribution in [-0.4, -0.2) is 54.8 Å². The van der Waals surface area contributed by atoms with Crippen LogP contribution in [0.2, 0.25) is 0 Å². The van der Waals surface area contributed by atoms with Gasteiger partial charge in [-0.1, -0.05) is 27.7 Å². The van der Waals surface area contributed by atoms with Crippen LogP contribution in [0.1, 0.15) is 65.4 Å². The summed E-state index contributed by atoms with van der Waals surface area (Å²) in [7, 11) is 0. The van der Waals surface area contributed by atoms with Gasteiger partial charge in [0, 0.05) is 45.9 Å². The minimum Gasteiger partial charge on any atom is -0.489 e. The fraction of sp³-hybridized carbons (Fsp3) is 0.515. The Morgan fingerprint density at radius 1 is 0.977 bits per heavy atom. The first-order chi connectivity index (χ1) is 20.8. The van der Waals surface area contributed by atoms with Gasteiger partial charge >= 0.3 is 5.97 Å². The van der Waals surface area contributed by atoms with Crippen molar-refractivity contribution in [1.29, 1.82) is 5.26 Å². The van der Waals surface area contributed by atoms with Gasteiger partial charge in [0.1, 0.15) is 29.9 Å². The van der Waals surface area contributed by atoms with Crippen LogP contribution in [0.3, 0.4) is 0 Å². The Hall–Kier alpha value is -3.62. The number of nitriles is 1. The van der Waals surface area contributed by atoms with Crippen LogP contribution in [0.5, 0.6) is 5.75 Å². The van der Waals surface area contributed by atoms with Gasteiger partial charge in [0.25, 0.3) is 0 Å². The highest BCUT2D eigenvalue weighted by Crippen LogP contribution is 2.57. The van der Waals surface area contributed by atoms with E-state index in [0.717, 1.165) is 31.5 Å². The van der Waals surface area contributed by atoms with Crippen molar-refractivity contribution in [2.75, 3.05) is 30.4 Å². The molecule has 0 spiro atoms. The van der Waals surface area contributed by atoms with E-state index >= 15 is 0 Å². The number of hydrogen-bond acceptors (Lipinski definition) is 7. The number of rotatable bonds is 15. The second-order valence-electron chi connectivity index (χ2n) is 12.8. The maximum absolute atomic E-state index is 13.5. The molecule has 2 fully saturated rings. The van der Waals surface area contributed by atoms with Crippen LogP contribution < -0.4 is 20.7 Å². The average molecular weight is 670 g/mol. The number of carbonyl (C=O) groups is 3. The van der Waals surface area contributed by atoms with Gasteiger partial charge in [0.2, 0.25) is 11.8 Å². The minimum absolute atomic E-state index is 0.200. The number of halogens is 1. The summed E-state index contributed by atoms with van der Waals surface area (Å²) in [6.45, 7) is 9.15. The average Bonchev–Trinajstić information content (AvgIpc) is 3.79. The van der Waals surface area contributed by atoms with Crippen LogP contribution in [0.4, 0.5) is 11.4 Å². The first-order valence-corrected chi connectivity index (χ1v) is 15.7. The lowest BCUT2D eigenvalue weighted by Gasteiger charge is -2.63. The van der Waals surface area contributed by atoms with E-state index in [4.69, 9.17) is 14.6 Å². The van der Waals surface area contributed by atoms with Crippen molar-refractivity contribution >= 4 is 45.1 Å². The Labute approximate surface area is 267 Å². The van der Waals surface area contributed by atoms with E-state index in [9.17, 15) is 19.6 Å². The van der Waals surface area contributed by atoms with Crippen LogP contribution in [0, 0.1) is 27.6 Å². The summed E-state index contributed by atoms with van der Waals surface area (Å²) in [5.74, 6) is -0.872. The number of carboxylic acid groups (broad SMARTS) is 1. The lowest BCUT2D eigenvalue weighted by Crippen LogP contribution is -2.75. The molecule has 0 saturated heterocycles. The van der Waals surface area contributed by atoms with Crippen molar-refractivity contribution < 1.29 is 29.0 Å². The van der Waals surface area contributed by atoms with Gasteiger partial charge in [-0.2, -0.15) is 5.26 Å². The predicted octanol–water partition coefficient (Wildman–Crippen LogP) is 5.72. The normalized spacial score (nSPS) is 20.4. The number of carboxylic acids is 1. The Kier molecular flexibility index (Phi) is 10.3. The lowest BCUT2D eigenvalue weighted by atomic mass is 9.49. The monoisotopic (exact) mass is 668 g/mol. The van der Waals surface area contributed by atoms with E-state index in [1.54, 1.807) is 18.2 Å². The number of anilines is 2. The number of hydrogen-bond donors (Lipinski definition) is 4. The Morgan fingerprint density at radius 3 is 2.23 bits per heavy atom. The summed E-state index contributed by atoms with van der Waals surface area (Å²) in [6.07, 6.45) is 3.44. The molecule has 236 valence electrons. The molecule has 2 aromatic carbocycles. The Bertz CT molecular complexity index is 1400. The minimum atomic E-state index is -1.08. The molecule has 0 heterocycles. The smallest absolute Gasteiger partial charge is 0.329 e. The number of benzene rings is 2. The van der Waals surface area contributed by atoms with Gasteiger partial charge < -0.3 is 30.5 Å². The summed E-state index contributed by atoms with van der Waals surface area (Å²) >= 11 is 3.42. The molecule has 0 radical (unpaired) electrons. The van der Waals surface area contributed by atoms with Crippen molar-refractivity contribution in [3.05, 3.63) is 52.5 Å². The zero-order chi connectivity index (χ0) is 32.1. The Balaban J connectivity index is 1.26. The number of nitrogens with zero attached hydrogens (tertiary/aromatic N) is 1. The van der Waals surface area contributed by atoms with Crippen molar-refractivity contribution in [1.82, 2.24) is 5.32 Å². The topological polar surface area (TPSA) is 150 Å². The van der Waals surface area contributed by atoms with Crippen molar-refractivity contribution in [3.63, 3.8) is 0 Å². The highest BCUT2D eigenvalue weighted by Gasteiger charge is 2.66. The summed E-state index contributed by atoms with van der Waals surface area (Å²) in [5, 5.41) is 27.2. The molecule has 10 nitrogen and oxygen atoms in total. The highest BCUT2D eigenvalue weighted by atomic mass is 79.9. The van der Waals surface area contributed by atoms with Crippen LogP contribution >= 0.6 is 15.9 Å². The molecule has 0 aliphatic heterocycles. The van der Waals surface area contributed by atoms with E-state index in [2.05, 4.69) is 65.6 Å². The van der Waals surface area contributed by atoms with E-state index in [1.807, 2.05) is 24.3 Å². The Morgan fingerprint density at radius 2 is 1.64 bits per heavy atom. The number of aliphatic carboxylic acids is 1. The summed E-state index contributed by atoms with van der Waals surface area (Å²) in [5.41, 5.74) is 0.194. The molecule has 44 heavy (non-hydrogen) atoms. The zero-order valence-electron chi connectivity index (χ0n) is 25.7. The number of amides is 2. The molecule has 4 rings (SSSR count). The summed E-state index contributed by atoms with van der Waals surface area (Å²) in [6, 6.07) is 14.6. The quantitative estimate of drug-likeness (QED) is 0.139. The molecular weight excluding hydrogens is 628 g/mol. The fourth-order valence-corrected chi connectivity index (χ4v) is 6.81. The molecule has 0 atom stereocenters. The molecular formula is C33H41BrN4O6. The van der Waals surface area contributed by atoms with Crippen LogP contribution in [-0.2, 0) is 19.1 Å². The van der Waals surface area contributed by atoms with Gasteiger partial charge in [-0.15, -0.1) is 0 Å². The third kappa shape index (κ3) is 7.36. The molecule has 2 saturated carbocycles. The first-order valence-electron chi connectivity index (χ1n) is 14.9. The van der Waals surface area contributed by atoms with Crippen molar-refractivity contribution in [2.24, 2.45) is 16.2 Å². The van der Waals surface area contributed by atoms with Gasteiger partial charge in [-0.05, 0) is 90.5 Å². The van der Waals surface area contributed by atoms with Crippen LogP contribution in [0.15, 0.2) is 46.9 Å². The summed E-state index contributed by atoms with van der Waals surface area (Å²) < 4.78 is 12.1. The maximum Gasteiger partial charge on any atom is 0.329 e. The van der Waals surface area contributed by atoms with Gasteiger partial charge in [-0.25, -0.2) is 4.79 Å². The van der Waals surface area contributed by atoms with E-state index < -0.39 is 22.2 Å². The third-order valence-electron chi connectivity index (χ3n) is 8.71. The predicted molar refractivity (Wildman–Crippen MR) is 170 cm³/mol. The van der Waals surface area contributed by atoms with E-state index in [0.29, 0.717) is 40.9 Å². The zero-order valence-corrected chi connectivity index (χ0v) is 27.3. The van der Waals surface area contributed by atoms with Crippen LogP contribution in [0.25, 0.3) is 0 Å². The maximum atomic E-state index is 13.5. The molecule has 11 heteroatoms. The van der Waals surface area contributed by atoms with Crippen molar-refractivity contribution in [2.45, 2.75) is 71.9 Å². The molecule has 2 aromatic rings. The molecule has 0 bridgehead atoms. The van der Waals surface area contributed by atoms with E-state index in [-0.39, 0.29) is 30.6 Å². The number of ether oxygens (including phenoxy) is 2.